The van der Waals surface area contributed by atoms with Gasteiger partial charge < -0.3 is 30.2 Å². The topological polar surface area (TPSA) is 132 Å². The van der Waals surface area contributed by atoms with Crippen LogP contribution in [0.4, 0.5) is 19.7 Å². The number of carbonyl (C=O) groups is 4. The minimum absolute atomic E-state index is 0.0209. The Kier molecular flexibility index (Phi) is 7.56. The molecule has 0 saturated heterocycles. The molecule has 1 aromatic rings. The van der Waals surface area contributed by atoms with Gasteiger partial charge in [-0.05, 0) is 58.7 Å². The number of hydrogen-bond donors (Lipinski definition) is 3. The van der Waals surface area contributed by atoms with E-state index in [1.165, 1.54) is 18.2 Å². The van der Waals surface area contributed by atoms with Crippen LogP contribution in [0.5, 0.6) is 0 Å². The molecule has 3 amide bonds. The van der Waals surface area contributed by atoms with Gasteiger partial charge in [-0.25, -0.2) is 18.8 Å². The minimum Gasteiger partial charge on any atom is -0.466 e. The van der Waals surface area contributed by atoms with Crippen LogP contribution in [0.3, 0.4) is 0 Å². The van der Waals surface area contributed by atoms with Gasteiger partial charge in [0.2, 0.25) is 0 Å². The van der Waals surface area contributed by atoms with Crippen LogP contribution in [-0.2, 0) is 23.8 Å². The van der Waals surface area contributed by atoms with Crippen LogP contribution >= 0.6 is 0 Å². The van der Waals surface area contributed by atoms with Gasteiger partial charge in [0, 0.05) is 24.1 Å². The van der Waals surface area contributed by atoms with Crippen LogP contribution in [0, 0.1) is 23.6 Å². The summed E-state index contributed by atoms with van der Waals surface area (Å²) in [5.41, 5.74) is -2.19. The molecule has 0 aliphatic heterocycles. The van der Waals surface area contributed by atoms with E-state index in [2.05, 4.69) is 16.0 Å². The highest BCUT2D eigenvalue weighted by molar-refractivity contribution is 5.93. The van der Waals surface area contributed by atoms with Gasteiger partial charge in [0.15, 0.2) is 0 Å². The molecule has 2 fully saturated rings. The minimum atomic E-state index is -1.60. The Morgan fingerprint density at radius 2 is 1.80 bits per heavy atom. The Bertz CT molecular complexity index is 996. The SMILES string of the molecule is CCOC(=O)C1C2C(NC(=O)Nc3cccc(F)c3)CC(NC(=O)OC(C)(C)C)(C(=O)OCC)C12. The highest BCUT2D eigenvalue weighted by atomic mass is 19.1. The number of alkyl carbamates (subject to hydrolysis) is 1. The van der Waals surface area contributed by atoms with Crippen molar-refractivity contribution in [2.24, 2.45) is 17.8 Å². The maximum absolute atomic E-state index is 13.5. The molecule has 35 heavy (non-hydrogen) atoms. The van der Waals surface area contributed by atoms with E-state index in [1.54, 1.807) is 34.6 Å². The molecule has 0 aromatic heterocycles. The molecule has 5 atom stereocenters. The number of esters is 2. The molecular weight excluding hydrogens is 461 g/mol. The number of ether oxygens (including phenoxy) is 3. The molecule has 0 bridgehead atoms. The quantitative estimate of drug-likeness (QED) is 0.393. The van der Waals surface area contributed by atoms with Crippen molar-refractivity contribution in [1.82, 2.24) is 10.6 Å². The second kappa shape index (κ2) is 10.1. The molecule has 2 saturated carbocycles. The molecule has 0 radical (unpaired) electrons. The predicted octanol–water partition coefficient (Wildman–Crippen LogP) is 2.97. The van der Waals surface area contributed by atoms with Crippen molar-refractivity contribution in [2.45, 2.75) is 58.2 Å². The summed E-state index contributed by atoms with van der Waals surface area (Å²) in [4.78, 5) is 51.2. The Labute approximate surface area is 203 Å². The summed E-state index contributed by atoms with van der Waals surface area (Å²) in [5.74, 6) is -3.64. The maximum atomic E-state index is 13.5. The van der Waals surface area contributed by atoms with Gasteiger partial charge in [-0.3, -0.25) is 4.79 Å². The van der Waals surface area contributed by atoms with Crippen molar-refractivity contribution in [3.05, 3.63) is 30.1 Å². The molecule has 11 heteroatoms. The summed E-state index contributed by atoms with van der Waals surface area (Å²) < 4.78 is 29.3. The van der Waals surface area contributed by atoms with Crippen LogP contribution in [-0.4, -0.2) is 54.5 Å². The Hall–Kier alpha value is -3.37. The number of urea groups is 1. The average molecular weight is 494 g/mol. The molecule has 2 aliphatic carbocycles. The molecule has 1 aromatic carbocycles. The fourth-order valence-corrected chi connectivity index (χ4v) is 4.83. The second-order valence-electron chi connectivity index (χ2n) is 9.62. The molecular formula is C24H32FN3O7. The third kappa shape index (κ3) is 5.83. The molecule has 3 rings (SSSR count). The summed E-state index contributed by atoms with van der Waals surface area (Å²) in [5, 5.41) is 7.94. The van der Waals surface area contributed by atoms with Crippen LogP contribution < -0.4 is 16.0 Å². The van der Waals surface area contributed by atoms with Crippen LogP contribution in [0.2, 0.25) is 0 Å². The standard InChI is InChI=1S/C24H32FN3O7/c1-6-33-19(29)17-16-15(27-21(31)26-14-10-8-9-13(25)11-14)12-24(18(16)17,20(30)34-7-2)28-22(32)35-23(3,4)5/h8-11,15-18H,6-7,12H2,1-5H3,(H,28,32)(H2,26,27,31). The number of rotatable bonds is 7. The first kappa shape index (κ1) is 26.2. The summed E-state index contributed by atoms with van der Waals surface area (Å²) >= 11 is 0. The van der Waals surface area contributed by atoms with E-state index in [0.717, 1.165) is 6.07 Å². The summed E-state index contributed by atoms with van der Waals surface area (Å²) in [6, 6.07) is 4.04. The van der Waals surface area contributed by atoms with E-state index in [9.17, 15) is 23.6 Å². The molecule has 5 unspecified atom stereocenters. The monoisotopic (exact) mass is 493 g/mol. The van der Waals surface area contributed by atoms with Gasteiger partial charge in [0.25, 0.3) is 0 Å². The average Bonchev–Trinajstić information content (AvgIpc) is 3.41. The van der Waals surface area contributed by atoms with Crippen LogP contribution in [0.25, 0.3) is 0 Å². The molecule has 192 valence electrons. The van der Waals surface area contributed by atoms with Crippen molar-refractivity contribution in [3.8, 4) is 0 Å². The highest BCUT2D eigenvalue weighted by Crippen LogP contribution is 2.63. The fraction of sp³-hybridized carbons (Fsp3) is 0.583. The Morgan fingerprint density at radius 3 is 2.40 bits per heavy atom. The molecule has 3 N–H and O–H groups in total. The van der Waals surface area contributed by atoms with Gasteiger partial charge in [0.1, 0.15) is 17.0 Å². The number of benzene rings is 1. The zero-order valence-corrected chi connectivity index (χ0v) is 20.5. The predicted molar refractivity (Wildman–Crippen MR) is 123 cm³/mol. The fourth-order valence-electron chi connectivity index (χ4n) is 4.83. The van der Waals surface area contributed by atoms with Crippen molar-refractivity contribution >= 4 is 29.8 Å². The lowest BCUT2D eigenvalue weighted by Crippen LogP contribution is -2.59. The lowest BCUT2D eigenvalue weighted by molar-refractivity contribution is -0.153. The molecule has 0 spiro atoms. The Morgan fingerprint density at radius 1 is 1.11 bits per heavy atom. The van der Waals surface area contributed by atoms with Crippen LogP contribution in [0.1, 0.15) is 41.0 Å². The first-order valence-corrected chi connectivity index (χ1v) is 11.6. The number of halogens is 1. The number of carbonyl (C=O) groups excluding carboxylic acids is 4. The van der Waals surface area contributed by atoms with E-state index in [1.807, 2.05) is 0 Å². The number of fused-ring (bicyclic) bond motifs is 1. The van der Waals surface area contributed by atoms with Gasteiger partial charge in [-0.2, -0.15) is 0 Å². The van der Waals surface area contributed by atoms with E-state index < -0.39 is 64.8 Å². The molecule has 10 nitrogen and oxygen atoms in total. The maximum Gasteiger partial charge on any atom is 0.408 e. The first-order chi connectivity index (χ1) is 16.4. The largest absolute Gasteiger partial charge is 0.466 e. The molecule has 2 aliphatic rings. The number of amides is 3. The number of anilines is 1. The second-order valence-corrected chi connectivity index (χ2v) is 9.62. The van der Waals surface area contributed by atoms with Gasteiger partial charge in [-0.1, -0.05) is 6.07 Å². The zero-order chi connectivity index (χ0) is 26.0. The van der Waals surface area contributed by atoms with Gasteiger partial charge >= 0.3 is 24.1 Å². The highest BCUT2D eigenvalue weighted by Gasteiger charge is 2.76. The van der Waals surface area contributed by atoms with Gasteiger partial charge in [0.05, 0.1) is 19.1 Å². The number of nitrogens with one attached hydrogen (secondary N) is 3. The van der Waals surface area contributed by atoms with Crippen LogP contribution in [0.15, 0.2) is 24.3 Å². The van der Waals surface area contributed by atoms with E-state index in [-0.39, 0.29) is 25.3 Å². The third-order valence-electron chi connectivity index (χ3n) is 5.97. The third-order valence-corrected chi connectivity index (χ3v) is 5.97. The smallest absolute Gasteiger partial charge is 0.408 e. The van der Waals surface area contributed by atoms with E-state index >= 15 is 0 Å². The lowest BCUT2D eigenvalue weighted by atomic mass is 9.89. The van der Waals surface area contributed by atoms with Crippen molar-refractivity contribution in [3.63, 3.8) is 0 Å². The van der Waals surface area contributed by atoms with E-state index in [0.29, 0.717) is 0 Å². The van der Waals surface area contributed by atoms with Crippen molar-refractivity contribution < 1.29 is 37.8 Å². The number of hydrogen-bond acceptors (Lipinski definition) is 7. The lowest BCUT2D eigenvalue weighted by Gasteiger charge is -2.33. The van der Waals surface area contributed by atoms with Gasteiger partial charge in [-0.15, -0.1) is 0 Å². The van der Waals surface area contributed by atoms with E-state index in [4.69, 9.17) is 14.2 Å². The Balaban J connectivity index is 1.87. The summed E-state index contributed by atoms with van der Waals surface area (Å²) in [6.45, 7) is 8.52. The summed E-state index contributed by atoms with van der Waals surface area (Å²) in [7, 11) is 0. The molecule has 0 heterocycles. The normalized spacial score (nSPS) is 26.7. The first-order valence-electron chi connectivity index (χ1n) is 11.6. The zero-order valence-electron chi connectivity index (χ0n) is 20.5. The van der Waals surface area contributed by atoms with Crippen molar-refractivity contribution in [1.29, 1.82) is 0 Å². The van der Waals surface area contributed by atoms with Crippen molar-refractivity contribution in [2.75, 3.05) is 18.5 Å². The summed E-state index contributed by atoms with van der Waals surface area (Å²) in [6.07, 6.45) is -0.865.